The monoisotopic (exact) mass is 280 g/mol. The summed E-state index contributed by atoms with van der Waals surface area (Å²) in [5, 5.41) is 7.01. The van der Waals surface area contributed by atoms with E-state index >= 15 is 0 Å². The first-order valence-corrected chi connectivity index (χ1v) is 7.30. The average Bonchev–Trinajstić information content (AvgIpc) is 2.43. The maximum absolute atomic E-state index is 11.9. The van der Waals surface area contributed by atoms with Crippen molar-refractivity contribution in [1.82, 2.24) is 5.32 Å². The van der Waals surface area contributed by atoms with Crippen LogP contribution in [0.2, 0.25) is 5.02 Å². The fourth-order valence-corrected chi connectivity index (χ4v) is 2.64. The minimum Gasteiger partial charge on any atom is -0.326 e. The number of hydrogen-bond acceptors (Lipinski definition) is 2. The minimum absolute atomic E-state index is 0.0796. The van der Waals surface area contributed by atoms with Crippen LogP contribution in [0, 0.1) is 12.8 Å². The van der Waals surface area contributed by atoms with Crippen LogP contribution >= 0.6 is 11.6 Å². The lowest BCUT2D eigenvalue weighted by Gasteiger charge is -2.22. The molecule has 1 atom stereocenters. The standard InChI is InChI=1S/C15H21ClN2O/c1-11-13(16)5-2-6-14(11)18-15(19)8-7-12-4-3-9-17-10-12/h2,5-6,12,17H,3-4,7-10H2,1H3,(H,18,19). The zero-order chi connectivity index (χ0) is 13.7. The Morgan fingerprint density at radius 1 is 1.53 bits per heavy atom. The topological polar surface area (TPSA) is 41.1 Å². The highest BCUT2D eigenvalue weighted by Gasteiger charge is 2.14. The minimum atomic E-state index is 0.0796. The van der Waals surface area contributed by atoms with Crippen LogP contribution < -0.4 is 10.6 Å². The maximum Gasteiger partial charge on any atom is 0.224 e. The Kier molecular flexibility index (Phi) is 5.23. The van der Waals surface area contributed by atoms with Gasteiger partial charge in [-0.25, -0.2) is 0 Å². The van der Waals surface area contributed by atoms with Crippen LogP contribution in [0.1, 0.15) is 31.2 Å². The summed E-state index contributed by atoms with van der Waals surface area (Å²) in [6.07, 6.45) is 3.99. The molecule has 1 aromatic carbocycles. The summed E-state index contributed by atoms with van der Waals surface area (Å²) >= 11 is 6.04. The second kappa shape index (κ2) is 6.92. The quantitative estimate of drug-likeness (QED) is 0.888. The van der Waals surface area contributed by atoms with Gasteiger partial charge in [0.2, 0.25) is 5.91 Å². The highest BCUT2D eigenvalue weighted by atomic mass is 35.5. The zero-order valence-corrected chi connectivity index (χ0v) is 12.1. The van der Waals surface area contributed by atoms with Crippen molar-refractivity contribution in [3.05, 3.63) is 28.8 Å². The molecule has 104 valence electrons. The molecule has 0 saturated carbocycles. The first-order chi connectivity index (χ1) is 9.16. The van der Waals surface area contributed by atoms with Crippen LogP contribution in [0.15, 0.2) is 18.2 Å². The van der Waals surface area contributed by atoms with Crippen molar-refractivity contribution in [2.45, 2.75) is 32.6 Å². The number of hydrogen-bond donors (Lipinski definition) is 2. The number of carbonyl (C=O) groups excluding carboxylic acids is 1. The Hall–Kier alpha value is -1.06. The fourth-order valence-electron chi connectivity index (χ4n) is 2.46. The van der Waals surface area contributed by atoms with Crippen molar-refractivity contribution in [2.24, 2.45) is 5.92 Å². The number of carbonyl (C=O) groups is 1. The van der Waals surface area contributed by atoms with Gasteiger partial charge in [0.1, 0.15) is 0 Å². The van der Waals surface area contributed by atoms with E-state index in [0.717, 1.165) is 30.8 Å². The third-order valence-corrected chi connectivity index (χ3v) is 4.13. The van der Waals surface area contributed by atoms with Gasteiger partial charge in [-0.1, -0.05) is 17.7 Å². The van der Waals surface area contributed by atoms with Crippen molar-refractivity contribution in [2.75, 3.05) is 18.4 Å². The Labute approximate surface area is 119 Å². The molecule has 4 heteroatoms. The van der Waals surface area contributed by atoms with Crippen molar-refractivity contribution < 1.29 is 4.79 Å². The predicted octanol–water partition coefficient (Wildman–Crippen LogP) is 3.37. The van der Waals surface area contributed by atoms with E-state index in [9.17, 15) is 4.79 Å². The Morgan fingerprint density at radius 2 is 2.37 bits per heavy atom. The predicted molar refractivity (Wildman–Crippen MR) is 79.6 cm³/mol. The first kappa shape index (κ1) is 14.4. The van der Waals surface area contributed by atoms with E-state index in [1.54, 1.807) is 0 Å². The molecule has 1 amide bonds. The molecule has 0 aromatic heterocycles. The number of rotatable bonds is 4. The Morgan fingerprint density at radius 3 is 3.11 bits per heavy atom. The van der Waals surface area contributed by atoms with Crippen molar-refractivity contribution in [3.63, 3.8) is 0 Å². The average molecular weight is 281 g/mol. The molecule has 1 aliphatic heterocycles. The van der Waals surface area contributed by atoms with E-state index in [-0.39, 0.29) is 5.91 Å². The van der Waals surface area contributed by atoms with E-state index in [4.69, 9.17) is 11.6 Å². The molecule has 0 spiro atoms. The van der Waals surface area contributed by atoms with Gasteiger partial charge in [0, 0.05) is 17.1 Å². The normalized spacial score (nSPS) is 19.2. The smallest absolute Gasteiger partial charge is 0.224 e. The summed E-state index contributed by atoms with van der Waals surface area (Å²) in [6, 6.07) is 5.58. The van der Waals surface area contributed by atoms with Gasteiger partial charge < -0.3 is 10.6 Å². The summed E-state index contributed by atoms with van der Waals surface area (Å²) in [4.78, 5) is 11.9. The van der Waals surface area contributed by atoms with Gasteiger partial charge in [0.25, 0.3) is 0 Å². The van der Waals surface area contributed by atoms with E-state index < -0.39 is 0 Å². The molecular formula is C15H21ClN2O. The van der Waals surface area contributed by atoms with Crippen LogP contribution in [-0.2, 0) is 4.79 Å². The fraction of sp³-hybridized carbons (Fsp3) is 0.533. The molecule has 0 bridgehead atoms. The van der Waals surface area contributed by atoms with Crippen LogP contribution in [0.4, 0.5) is 5.69 Å². The Bertz CT molecular complexity index is 442. The number of amides is 1. The molecule has 1 fully saturated rings. The maximum atomic E-state index is 11.9. The van der Waals surface area contributed by atoms with E-state index in [1.807, 2.05) is 25.1 Å². The molecule has 3 nitrogen and oxygen atoms in total. The number of nitrogens with one attached hydrogen (secondary N) is 2. The van der Waals surface area contributed by atoms with Gasteiger partial charge in [-0.15, -0.1) is 0 Å². The first-order valence-electron chi connectivity index (χ1n) is 6.92. The van der Waals surface area contributed by atoms with Gasteiger partial charge in [0.05, 0.1) is 0 Å². The molecule has 19 heavy (non-hydrogen) atoms. The lowest BCUT2D eigenvalue weighted by molar-refractivity contribution is -0.116. The van der Waals surface area contributed by atoms with Crippen molar-refractivity contribution in [1.29, 1.82) is 0 Å². The summed E-state index contributed by atoms with van der Waals surface area (Å²) in [5.74, 6) is 0.718. The van der Waals surface area contributed by atoms with Crippen molar-refractivity contribution >= 4 is 23.2 Å². The van der Waals surface area contributed by atoms with Crippen LogP contribution in [-0.4, -0.2) is 19.0 Å². The second-order valence-electron chi connectivity index (χ2n) is 5.21. The highest BCUT2D eigenvalue weighted by Crippen LogP contribution is 2.23. The van der Waals surface area contributed by atoms with Crippen LogP contribution in [0.5, 0.6) is 0 Å². The molecule has 1 unspecified atom stereocenters. The number of halogens is 1. The molecule has 0 aliphatic carbocycles. The second-order valence-corrected chi connectivity index (χ2v) is 5.62. The summed E-state index contributed by atoms with van der Waals surface area (Å²) in [7, 11) is 0. The zero-order valence-electron chi connectivity index (χ0n) is 11.3. The molecule has 0 radical (unpaired) electrons. The number of benzene rings is 1. The third kappa shape index (κ3) is 4.22. The highest BCUT2D eigenvalue weighted by molar-refractivity contribution is 6.31. The molecule has 1 aliphatic rings. The SMILES string of the molecule is Cc1c(Cl)cccc1NC(=O)CCC1CCCNC1. The summed E-state index contributed by atoms with van der Waals surface area (Å²) in [6.45, 7) is 4.08. The molecule has 1 heterocycles. The summed E-state index contributed by atoms with van der Waals surface area (Å²) in [5.41, 5.74) is 1.75. The molecular weight excluding hydrogens is 260 g/mol. The molecule has 1 aromatic rings. The summed E-state index contributed by atoms with van der Waals surface area (Å²) < 4.78 is 0. The van der Waals surface area contributed by atoms with E-state index in [1.165, 1.54) is 12.8 Å². The Balaban J connectivity index is 1.82. The van der Waals surface area contributed by atoms with Gasteiger partial charge >= 0.3 is 0 Å². The van der Waals surface area contributed by atoms with Crippen LogP contribution in [0.25, 0.3) is 0 Å². The molecule has 2 rings (SSSR count). The largest absolute Gasteiger partial charge is 0.326 e. The lowest BCUT2D eigenvalue weighted by Crippen LogP contribution is -2.30. The van der Waals surface area contributed by atoms with E-state index in [2.05, 4.69) is 10.6 Å². The number of piperidine rings is 1. The third-order valence-electron chi connectivity index (χ3n) is 3.72. The lowest BCUT2D eigenvalue weighted by atomic mass is 9.94. The van der Waals surface area contributed by atoms with Gasteiger partial charge in [-0.05, 0) is 62.9 Å². The van der Waals surface area contributed by atoms with Gasteiger partial charge in [-0.3, -0.25) is 4.79 Å². The van der Waals surface area contributed by atoms with Gasteiger partial charge in [0.15, 0.2) is 0 Å². The molecule has 1 saturated heterocycles. The van der Waals surface area contributed by atoms with E-state index in [0.29, 0.717) is 17.4 Å². The van der Waals surface area contributed by atoms with Gasteiger partial charge in [-0.2, -0.15) is 0 Å². The molecule has 2 N–H and O–H groups in total. The van der Waals surface area contributed by atoms with Crippen molar-refractivity contribution in [3.8, 4) is 0 Å². The number of anilines is 1. The van der Waals surface area contributed by atoms with Crippen LogP contribution in [0.3, 0.4) is 0 Å².